The second-order valence-electron chi connectivity index (χ2n) is 5.90. The Labute approximate surface area is 169 Å². The van der Waals surface area contributed by atoms with Gasteiger partial charge in [0.05, 0.1) is 7.11 Å². The van der Waals surface area contributed by atoms with Gasteiger partial charge in [-0.1, -0.05) is 18.7 Å². The number of benzene rings is 2. The maximum absolute atomic E-state index is 11.7. The van der Waals surface area contributed by atoms with E-state index in [1.54, 1.807) is 24.3 Å². The highest BCUT2D eigenvalue weighted by atomic mass is 32.2. The van der Waals surface area contributed by atoms with Crippen LogP contribution in [0.25, 0.3) is 11.1 Å². The van der Waals surface area contributed by atoms with E-state index in [2.05, 4.69) is 11.3 Å². The average molecular weight is 419 g/mol. The van der Waals surface area contributed by atoms with Crippen molar-refractivity contribution in [1.82, 2.24) is 4.72 Å². The lowest BCUT2D eigenvalue weighted by Crippen LogP contribution is -2.20. The van der Waals surface area contributed by atoms with E-state index >= 15 is 0 Å². The van der Waals surface area contributed by atoms with Crippen LogP contribution in [0, 0.1) is 0 Å². The number of hydrogen-bond donors (Lipinski definition) is 1. The number of rotatable bonds is 8. The number of carbonyl (C=O) groups is 2. The molecule has 0 saturated heterocycles. The smallest absolute Gasteiger partial charge is 0.308 e. The van der Waals surface area contributed by atoms with Gasteiger partial charge in [-0.2, -0.15) is 0 Å². The summed E-state index contributed by atoms with van der Waals surface area (Å²) < 4.78 is 41.3. The van der Waals surface area contributed by atoms with Crippen molar-refractivity contribution in [2.24, 2.45) is 0 Å². The average Bonchev–Trinajstić information content (AvgIpc) is 2.67. The Bertz CT molecular complexity index is 1040. The topological polar surface area (TPSA) is 108 Å². The third-order valence-electron chi connectivity index (χ3n) is 3.76. The van der Waals surface area contributed by atoms with Crippen molar-refractivity contribution in [1.29, 1.82) is 0 Å². The number of carbonyl (C=O) groups excluding carboxylic acids is 2. The molecular weight excluding hydrogens is 398 g/mol. The van der Waals surface area contributed by atoms with Gasteiger partial charge in [0.15, 0.2) is 11.5 Å². The molecule has 0 amide bonds. The minimum Gasteiger partial charge on any atom is -0.497 e. The fourth-order valence-corrected chi connectivity index (χ4v) is 2.97. The van der Waals surface area contributed by atoms with Gasteiger partial charge in [-0.3, -0.25) is 9.59 Å². The van der Waals surface area contributed by atoms with Crippen LogP contribution < -0.4 is 18.9 Å². The Hall–Kier alpha value is -3.17. The summed E-state index contributed by atoms with van der Waals surface area (Å²) in [5.74, 6) is -0.445. The van der Waals surface area contributed by atoms with E-state index in [0.29, 0.717) is 22.4 Å². The molecule has 0 atom stereocenters. The maximum Gasteiger partial charge on any atom is 0.308 e. The summed E-state index contributed by atoms with van der Waals surface area (Å²) in [6.07, 6.45) is 0. The van der Waals surface area contributed by atoms with Crippen molar-refractivity contribution in [3.05, 3.63) is 53.9 Å². The first-order valence-corrected chi connectivity index (χ1v) is 10.00. The van der Waals surface area contributed by atoms with Crippen LogP contribution >= 0.6 is 0 Å². The monoisotopic (exact) mass is 419 g/mol. The molecule has 9 heteroatoms. The molecule has 0 aromatic heterocycles. The van der Waals surface area contributed by atoms with Gasteiger partial charge in [-0.25, -0.2) is 13.1 Å². The first-order valence-electron chi connectivity index (χ1n) is 8.45. The van der Waals surface area contributed by atoms with Gasteiger partial charge >= 0.3 is 11.9 Å². The predicted octanol–water partition coefficient (Wildman–Crippen LogP) is 2.78. The van der Waals surface area contributed by atoms with Gasteiger partial charge in [0, 0.05) is 25.8 Å². The summed E-state index contributed by atoms with van der Waals surface area (Å²) >= 11 is 0. The number of sulfonamides is 1. The lowest BCUT2D eigenvalue weighted by molar-refractivity contribution is -0.134. The van der Waals surface area contributed by atoms with Crippen LogP contribution in [0.2, 0.25) is 0 Å². The molecule has 1 N–H and O–H groups in total. The summed E-state index contributed by atoms with van der Waals surface area (Å²) in [5, 5.41) is 0.822. The van der Waals surface area contributed by atoms with Gasteiger partial charge in [0.25, 0.3) is 0 Å². The van der Waals surface area contributed by atoms with E-state index in [1.807, 2.05) is 0 Å². The predicted molar refractivity (Wildman–Crippen MR) is 107 cm³/mol. The standard InChI is InChI=1S/C20H21NO7S/c1-5-29(24,25)21-12-16-6-8-17(26-4)11-18(16)15-7-9-19(27-13(2)22)20(10-15)28-14(3)23/h5-11,21H,1,12H2,2-4H3. The van der Waals surface area contributed by atoms with Gasteiger partial charge in [0.1, 0.15) is 5.75 Å². The van der Waals surface area contributed by atoms with Crippen molar-refractivity contribution in [2.75, 3.05) is 7.11 Å². The second kappa shape index (κ2) is 9.35. The number of ether oxygens (including phenoxy) is 3. The molecule has 2 aromatic carbocycles. The lowest BCUT2D eigenvalue weighted by atomic mass is 9.99. The van der Waals surface area contributed by atoms with Crippen LogP contribution in [-0.2, 0) is 26.2 Å². The molecule has 0 fully saturated rings. The van der Waals surface area contributed by atoms with E-state index in [0.717, 1.165) is 5.41 Å². The summed E-state index contributed by atoms with van der Waals surface area (Å²) in [5.41, 5.74) is 1.88. The first-order chi connectivity index (χ1) is 13.6. The summed E-state index contributed by atoms with van der Waals surface area (Å²) in [6.45, 7) is 5.73. The van der Waals surface area contributed by atoms with Gasteiger partial charge in [-0.15, -0.1) is 0 Å². The summed E-state index contributed by atoms with van der Waals surface area (Å²) in [4.78, 5) is 22.7. The fraction of sp³-hybridized carbons (Fsp3) is 0.200. The minimum absolute atomic E-state index is 0.00226. The highest BCUT2D eigenvalue weighted by molar-refractivity contribution is 7.92. The molecular formula is C20H21NO7S. The summed E-state index contributed by atoms with van der Waals surface area (Å²) in [7, 11) is -2.11. The molecule has 0 unspecified atom stereocenters. The Kier molecular flexibility index (Phi) is 7.13. The quantitative estimate of drug-likeness (QED) is 0.518. The number of hydrogen-bond acceptors (Lipinski definition) is 7. The molecule has 0 bridgehead atoms. The lowest BCUT2D eigenvalue weighted by Gasteiger charge is -2.15. The molecule has 0 spiro atoms. The van der Waals surface area contributed by atoms with Crippen LogP contribution in [-0.4, -0.2) is 27.5 Å². The Morgan fingerprint density at radius 3 is 2.28 bits per heavy atom. The minimum atomic E-state index is -3.62. The van der Waals surface area contributed by atoms with E-state index in [1.165, 1.54) is 33.1 Å². The van der Waals surface area contributed by atoms with E-state index in [9.17, 15) is 18.0 Å². The van der Waals surface area contributed by atoms with Crippen molar-refractivity contribution >= 4 is 22.0 Å². The zero-order chi connectivity index (χ0) is 21.6. The van der Waals surface area contributed by atoms with Crippen molar-refractivity contribution in [3.8, 4) is 28.4 Å². The van der Waals surface area contributed by atoms with Crippen LogP contribution in [0.4, 0.5) is 0 Å². The van der Waals surface area contributed by atoms with Crippen LogP contribution in [0.1, 0.15) is 19.4 Å². The maximum atomic E-state index is 11.7. The molecule has 29 heavy (non-hydrogen) atoms. The third-order valence-corrected chi connectivity index (χ3v) is 4.75. The van der Waals surface area contributed by atoms with Crippen LogP contribution in [0.15, 0.2) is 48.4 Å². The molecule has 8 nitrogen and oxygen atoms in total. The Balaban J connectivity index is 2.54. The molecule has 0 aliphatic rings. The van der Waals surface area contributed by atoms with E-state index in [4.69, 9.17) is 14.2 Å². The van der Waals surface area contributed by atoms with E-state index in [-0.39, 0.29) is 18.0 Å². The number of nitrogens with one attached hydrogen (secondary N) is 1. The van der Waals surface area contributed by atoms with E-state index < -0.39 is 22.0 Å². The molecule has 2 aromatic rings. The molecule has 0 saturated carbocycles. The van der Waals surface area contributed by atoms with Crippen molar-refractivity contribution in [3.63, 3.8) is 0 Å². The largest absolute Gasteiger partial charge is 0.497 e. The molecule has 154 valence electrons. The SMILES string of the molecule is C=CS(=O)(=O)NCc1ccc(OC)cc1-c1ccc(OC(C)=O)c(OC(C)=O)c1. The second-order valence-corrected chi connectivity index (χ2v) is 7.62. The summed E-state index contributed by atoms with van der Waals surface area (Å²) in [6, 6.07) is 9.81. The molecule has 0 radical (unpaired) electrons. The Morgan fingerprint density at radius 2 is 1.69 bits per heavy atom. The van der Waals surface area contributed by atoms with Gasteiger partial charge in [-0.05, 0) is 41.0 Å². The third kappa shape index (κ3) is 6.16. The fourth-order valence-electron chi connectivity index (χ4n) is 2.49. The van der Waals surface area contributed by atoms with Gasteiger partial charge in [0.2, 0.25) is 10.0 Å². The zero-order valence-electron chi connectivity index (χ0n) is 16.2. The first kappa shape index (κ1) is 22.1. The number of methoxy groups -OCH3 is 1. The zero-order valence-corrected chi connectivity index (χ0v) is 17.0. The highest BCUT2D eigenvalue weighted by Gasteiger charge is 2.15. The molecule has 0 aliphatic heterocycles. The Morgan fingerprint density at radius 1 is 1.03 bits per heavy atom. The van der Waals surface area contributed by atoms with Crippen LogP contribution in [0.5, 0.6) is 17.2 Å². The van der Waals surface area contributed by atoms with Crippen molar-refractivity contribution in [2.45, 2.75) is 20.4 Å². The molecule has 2 rings (SSSR count). The number of esters is 2. The normalized spacial score (nSPS) is 10.9. The van der Waals surface area contributed by atoms with Crippen molar-refractivity contribution < 1.29 is 32.2 Å². The molecule has 0 heterocycles. The van der Waals surface area contributed by atoms with Crippen LogP contribution in [0.3, 0.4) is 0 Å². The molecule has 0 aliphatic carbocycles. The van der Waals surface area contributed by atoms with Gasteiger partial charge < -0.3 is 14.2 Å². The highest BCUT2D eigenvalue weighted by Crippen LogP contribution is 2.36.